The van der Waals surface area contributed by atoms with Crippen molar-refractivity contribution in [2.24, 2.45) is 0 Å². The van der Waals surface area contributed by atoms with Crippen LogP contribution in [-0.2, 0) is 4.79 Å². The number of hydrogen-bond donors (Lipinski definition) is 2. The van der Waals surface area contributed by atoms with Gasteiger partial charge in [0.2, 0.25) is 5.91 Å². The van der Waals surface area contributed by atoms with Gasteiger partial charge < -0.3 is 15.4 Å². The molecule has 0 atom stereocenters. The van der Waals surface area contributed by atoms with Crippen molar-refractivity contribution in [2.75, 3.05) is 20.2 Å². The normalized spacial score (nSPS) is 10.7. The maximum Gasteiger partial charge on any atom is 0.251 e. The van der Waals surface area contributed by atoms with Crippen LogP contribution in [0, 0.1) is 5.82 Å². The van der Waals surface area contributed by atoms with Crippen molar-refractivity contribution in [3.63, 3.8) is 0 Å². The molecule has 0 saturated carbocycles. The minimum Gasteiger partial charge on any atom is -0.497 e. The van der Waals surface area contributed by atoms with Crippen LogP contribution in [0.4, 0.5) is 4.39 Å². The van der Waals surface area contributed by atoms with Crippen LogP contribution in [0.25, 0.3) is 16.5 Å². The van der Waals surface area contributed by atoms with E-state index >= 15 is 0 Å². The summed E-state index contributed by atoms with van der Waals surface area (Å²) in [7, 11) is 1.56. The summed E-state index contributed by atoms with van der Waals surface area (Å²) in [5.74, 6) is -0.0480. The highest BCUT2D eigenvalue weighted by molar-refractivity contribution is 7.16. The molecular weight excluding hydrogens is 403 g/mol. The molecule has 0 aliphatic rings. The molecule has 5 nitrogen and oxygen atoms in total. The topological polar surface area (TPSA) is 67.4 Å². The van der Waals surface area contributed by atoms with Crippen molar-refractivity contribution >= 4 is 29.2 Å². The third kappa shape index (κ3) is 6.02. The number of benzene rings is 2. The number of nitrogens with one attached hydrogen (secondary N) is 2. The number of carbonyl (C=O) groups excluding carboxylic acids is 2. The molecule has 7 heteroatoms. The summed E-state index contributed by atoms with van der Waals surface area (Å²) in [5.41, 5.74) is 1.45. The number of amides is 2. The largest absolute Gasteiger partial charge is 0.497 e. The smallest absolute Gasteiger partial charge is 0.251 e. The highest BCUT2D eigenvalue weighted by atomic mass is 32.1. The van der Waals surface area contributed by atoms with Crippen molar-refractivity contribution in [3.05, 3.63) is 83.0 Å². The first-order chi connectivity index (χ1) is 14.5. The lowest BCUT2D eigenvalue weighted by Crippen LogP contribution is -2.33. The average molecular weight is 424 g/mol. The number of ether oxygens (including phenoxy) is 1. The van der Waals surface area contributed by atoms with Crippen LogP contribution < -0.4 is 15.4 Å². The summed E-state index contributed by atoms with van der Waals surface area (Å²) in [4.78, 5) is 25.9. The molecule has 154 valence electrons. The van der Waals surface area contributed by atoms with Crippen LogP contribution in [-0.4, -0.2) is 32.0 Å². The molecule has 2 N–H and O–H groups in total. The Bertz CT molecular complexity index is 1030. The van der Waals surface area contributed by atoms with Gasteiger partial charge in [0.15, 0.2) is 0 Å². The third-order valence-electron chi connectivity index (χ3n) is 4.22. The second-order valence-corrected chi connectivity index (χ2v) is 7.43. The molecule has 0 bridgehead atoms. The molecule has 3 aromatic rings. The predicted molar refractivity (Wildman–Crippen MR) is 117 cm³/mol. The number of hydrogen-bond acceptors (Lipinski definition) is 4. The van der Waals surface area contributed by atoms with Gasteiger partial charge in [0.25, 0.3) is 5.91 Å². The van der Waals surface area contributed by atoms with Gasteiger partial charge in [0.1, 0.15) is 11.6 Å². The highest BCUT2D eigenvalue weighted by Crippen LogP contribution is 2.28. The van der Waals surface area contributed by atoms with E-state index in [0.29, 0.717) is 24.4 Å². The van der Waals surface area contributed by atoms with Crippen LogP contribution in [0.15, 0.2) is 66.7 Å². The lowest BCUT2D eigenvalue weighted by Gasteiger charge is -2.06. The molecule has 0 unspecified atom stereocenters. The van der Waals surface area contributed by atoms with E-state index in [0.717, 1.165) is 15.3 Å². The molecule has 30 heavy (non-hydrogen) atoms. The van der Waals surface area contributed by atoms with Gasteiger partial charge in [-0.3, -0.25) is 9.59 Å². The minimum atomic E-state index is -0.271. The fourth-order valence-electron chi connectivity index (χ4n) is 2.63. The van der Waals surface area contributed by atoms with Crippen molar-refractivity contribution in [1.29, 1.82) is 0 Å². The molecule has 3 rings (SSSR count). The standard InChI is InChI=1S/C23H21FN2O3S/c1-29-19-8-4-17(5-9-19)23(28)26-15-14-25-22(27)13-11-20-10-12-21(30-20)16-2-6-18(24)7-3-16/h2-13H,14-15H2,1H3,(H,25,27)(H,26,28). The van der Waals surface area contributed by atoms with Gasteiger partial charge in [-0.25, -0.2) is 4.39 Å². The van der Waals surface area contributed by atoms with Gasteiger partial charge in [-0.05, 0) is 60.2 Å². The van der Waals surface area contributed by atoms with E-state index < -0.39 is 0 Å². The maximum absolute atomic E-state index is 13.0. The third-order valence-corrected chi connectivity index (χ3v) is 5.32. The van der Waals surface area contributed by atoms with Crippen LogP contribution in [0.1, 0.15) is 15.2 Å². The molecule has 1 heterocycles. The average Bonchev–Trinajstić information content (AvgIpc) is 3.25. The Hall–Kier alpha value is -3.45. The molecule has 1 aromatic heterocycles. The highest BCUT2D eigenvalue weighted by Gasteiger charge is 2.05. The van der Waals surface area contributed by atoms with Crippen molar-refractivity contribution in [2.45, 2.75) is 0 Å². The maximum atomic E-state index is 13.0. The zero-order valence-electron chi connectivity index (χ0n) is 16.4. The molecule has 2 aromatic carbocycles. The Morgan fingerprint density at radius 2 is 1.67 bits per heavy atom. The second kappa shape index (κ2) is 10.4. The second-order valence-electron chi connectivity index (χ2n) is 6.32. The number of halogens is 1. The molecular formula is C23H21FN2O3S. The van der Waals surface area contributed by atoms with Crippen molar-refractivity contribution in [1.82, 2.24) is 10.6 Å². The summed E-state index contributed by atoms with van der Waals surface area (Å²) in [6, 6.07) is 16.9. The quantitative estimate of drug-likeness (QED) is 0.422. The van der Waals surface area contributed by atoms with Crippen LogP contribution in [0.2, 0.25) is 0 Å². The molecule has 0 spiro atoms. The summed E-state index contributed by atoms with van der Waals surface area (Å²) in [5, 5.41) is 5.47. The van der Waals surface area contributed by atoms with E-state index in [1.807, 2.05) is 12.1 Å². The van der Waals surface area contributed by atoms with Crippen LogP contribution in [0.5, 0.6) is 5.75 Å². The van der Waals surface area contributed by atoms with Crippen LogP contribution >= 0.6 is 11.3 Å². The number of carbonyl (C=O) groups is 2. The van der Waals surface area contributed by atoms with Crippen molar-refractivity contribution in [3.8, 4) is 16.2 Å². The molecule has 0 aliphatic carbocycles. The predicted octanol–water partition coefficient (Wildman–Crippen LogP) is 4.12. The fourth-order valence-corrected chi connectivity index (χ4v) is 3.55. The number of methoxy groups -OCH3 is 1. The molecule has 0 radical (unpaired) electrons. The summed E-state index contributed by atoms with van der Waals surface area (Å²) in [6.45, 7) is 0.633. The monoisotopic (exact) mass is 424 g/mol. The summed E-state index contributed by atoms with van der Waals surface area (Å²) >= 11 is 1.51. The van der Waals surface area contributed by atoms with E-state index in [4.69, 9.17) is 4.74 Å². The fraction of sp³-hybridized carbons (Fsp3) is 0.130. The van der Waals surface area contributed by atoms with Gasteiger partial charge in [-0.15, -0.1) is 11.3 Å². The molecule has 0 aliphatic heterocycles. The molecule has 2 amide bonds. The van der Waals surface area contributed by atoms with E-state index in [2.05, 4.69) is 10.6 Å². The zero-order valence-corrected chi connectivity index (χ0v) is 17.2. The van der Waals surface area contributed by atoms with Gasteiger partial charge in [0, 0.05) is 34.5 Å². The van der Waals surface area contributed by atoms with Crippen molar-refractivity contribution < 1.29 is 18.7 Å². The van der Waals surface area contributed by atoms with Gasteiger partial charge in [-0.1, -0.05) is 12.1 Å². The van der Waals surface area contributed by atoms with Gasteiger partial charge in [0.05, 0.1) is 7.11 Å². The number of rotatable bonds is 8. The Labute approximate surface area is 178 Å². The molecule has 0 fully saturated rings. The first kappa shape index (κ1) is 21.3. The van der Waals surface area contributed by atoms with Gasteiger partial charge in [-0.2, -0.15) is 0 Å². The summed E-state index contributed by atoms with van der Waals surface area (Å²) < 4.78 is 18.1. The SMILES string of the molecule is COc1ccc(C(=O)NCCNC(=O)C=Cc2ccc(-c3ccc(F)cc3)s2)cc1. The Morgan fingerprint density at radius 1 is 0.967 bits per heavy atom. The first-order valence-corrected chi connectivity index (χ1v) is 10.1. The lowest BCUT2D eigenvalue weighted by atomic mass is 10.2. The van der Waals surface area contributed by atoms with E-state index in [-0.39, 0.29) is 17.6 Å². The Balaban J connectivity index is 1.41. The Morgan fingerprint density at radius 3 is 2.37 bits per heavy atom. The minimum absolute atomic E-state index is 0.214. The van der Waals surface area contributed by atoms with E-state index in [9.17, 15) is 14.0 Å². The zero-order chi connectivity index (χ0) is 21.3. The van der Waals surface area contributed by atoms with Crippen LogP contribution in [0.3, 0.4) is 0 Å². The Kier molecular flexibility index (Phi) is 7.34. The van der Waals surface area contributed by atoms with Gasteiger partial charge >= 0.3 is 0 Å². The molecule has 0 saturated heterocycles. The van der Waals surface area contributed by atoms with E-state index in [1.54, 1.807) is 49.6 Å². The van der Waals surface area contributed by atoms with E-state index in [1.165, 1.54) is 29.5 Å². The first-order valence-electron chi connectivity index (χ1n) is 9.29. The lowest BCUT2D eigenvalue weighted by molar-refractivity contribution is -0.116. The number of thiophene rings is 1. The summed E-state index contributed by atoms with van der Waals surface area (Å²) in [6.07, 6.45) is 3.18.